The Morgan fingerprint density at radius 1 is 1.38 bits per heavy atom. The minimum absolute atomic E-state index is 0. The van der Waals surface area contributed by atoms with Gasteiger partial charge in [0.25, 0.3) is 0 Å². The van der Waals surface area contributed by atoms with Gasteiger partial charge in [-0.05, 0) is 39.2 Å². The van der Waals surface area contributed by atoms with Crippen molar-refractivity contribution in [3.05, 3.63) is 29.1 Å². The van der Waals surface area contributed by atoms with E-state index in [4.69, 9.17) is 5.10 Å². The van der Waals surface area contributed by atoms with E-state index in [1.807, 2.05) is 18.5 Å². The van der Waals surface area contributed by atoms with Crippen LogP contribution in [0.3, 0.4) is 0 Å². The molecule has 8 nitrogen and oxygen atoms in total. The molecule has 0 aromatic carbocycles. The molecule has 0 bridgehead atoms. The average Bonchev–Trinajstić information content (AvgIpc) is 3.16. The molecule has 9 heteroatoms. The number of nitrogens with one attached hydrogen (secondary N) is 2. The van der Waals surface area contributed by atoms with E-state index < -0.39 is 0 Å². The van der Waals surface area contributed by atoms with Gasteiger partial charge < -0.3 is 15.2 Å². The summed E-state index contributed by atoms with van der Waals surface area (Å²) >= 11 is 0. The van der Waals surface area contributed by atoms with Crippen molar-refractivity contribution in [3.63, 3.8) is 0 Å². The zero-order chi connectivity index (χ0) is 18.0. The van der Waals surface area contributed by atoms with E-state index in [1.165, 1.54) is 11.3 Å². The quantitative estimate of drug-likeness (QED) is 0.403. The highest BCUT2D eigenvalue weighted by atomic mass is 127. The van der Waals surface area contributed by atoms with Crippen molar-refractivity contribution in [2.24, 2.45) is 12.0 Å². The van der Waals surface area contributed by atoms with Gasteiger partial charge in [-0.15, -0.1) is 34.2 Å². The van der Waals surface area contributed by atoms with Crippen molar-refractivity contribution in [2.75, 3.05) is 7.05 Å². The lowest BCUT2D eigenvalue weighted by Gasteiger charge is -2.24. The Labute approximate surface area is 171 Å². The number of guanidine groups is 1. The molecule has 2 heterocycles. The van der Waals surface area contributed by atoms with E-state index >= 15 is 0 Å². The van der Waals surface area contributed by atoms with Gasteiger partial charge in [-0.3, -0.25) is 9.67 Å². The molecule has 1 aliphatic rings. The Morgan fingerprint density at radius 2 is 2.15 bits per heavy atom. The normalized spacial score (nSPS) is 17.0. The Morgan fingerprint density at radius 3 is 2.77 bits per heavy atom. The number of hydrogen-bond donors (Lipinski definition) is 2. The van der Waals surface area contributed by atoms with E-state index in [0.29, 0.717) is 18.6 Å². The molecule has 1 aliphatic carbocycles. The summed E-state index contributed by atoms with van der Waals surface area (Å²) in [5.41, 5.74) is 2.58. The first-order chi connectivity index (χ1) is 12.0. The SMILES string of the molecule is CN=C(NCc1nnc(C)n1C)NC1CCc2cn(C(C)C)nc2C1.I. The second kappa shape index (κ2) is 8.83. The number of aryl methyl sites for hydroxylation is 2. The molecule has 0 saturated heterocycles. The number of hydrogen-bond acceptors (Lipinski definition) is 4. The average molecular weight is 472 g/mol. The molecule has 26 heavy (non-hydrogen) atoms. The van der Waals surface area contributed by atoms with Crippen molar-refractivity contribution in [2.45, 2.75) is 58.7 Å². The molecule has 0 spiro atoms. The molecular weight excluding hydrogens is 443 g/mol. The molecule has 0 amide bonds. The standard InChI is InChI=1S/C17H28N8.HI/c1-11(2)25-10-13-6-7-14(8-15(13)23-25)20-17(18-4)19-9-16-22-21-12(3)24(16)5;/h10-11,14H,6-9H2,1-5H3,(H2,18,19,20);1H. The third kappa shape index (κ3) is 4.54. The summed E-state index contributed by atoms with van der Waals surface area (Å²) < 4.78 is 4.04. The van der Waals surface area contributed by atoms with E-state index in [-0.39, 0.29) is 24.0 Å². The first-order valence-corrected chi connectivity index (χ1v) is 8.87. The predicted molar refractivity (Wildman–Crippen MR) is 113 cm³/mol. The van der Waals surface area contributed by atoms with Crippen LogP contribution >= 0.6 is 24.0 Å². The fourth-order valence-corrected chi connectivity index (χ4v) is 3.06. The van der Waals surface area contributed by atoms with Crippen LogP contribution in [-0.4, -0.2) is 43.6 Å². The van der Waals surface area contributed by atoms with Crippen molar-refractivity contribution < 1.29 is 0 Å². The van der Waals surface area contributed by atoms with E-state index in [2.05, 4.69) is 50.5 Å². The van der Waals surface area contributed by atoms with Gasteiger partial charge in [0.2, 0.25) is 0 Å². The molecule has 3 rings (SSSR count). The van der Waals surface area contributed by atoms with Crippen molar-refractivity contribution >= 4 is 29.9 Å². The Balaban J connectivity index is 0.00000243. The molecule has 2 N–H and O–H groups in total. The molecule has 0 aliphatic heterocycles. The molecule has 0 saturated carbocycles. The summed E-state index contributed by atoms with van der Waals surface area (Å²) in [5, 5.41) is 19.8. The van der Waals surface area contributed by atoms with Gasteiger partial charge in [-0.25, -0.2) is 0 Å². The fraction of sp³-hybridized carbons (Fsp3) is 0.647. The summed E-state index contributed by atoms with van der Waals surface area (Å²) in [4.78, 5) is 4.33. The number of fused-ring (bicyclic) bond motifs is 1. The van der Waals surface area contributed by atoms with Crippen molar-refractivity contribution in [1.82, 2.24) is 35.2 Å². The molecule has 2 aromatic rings. The van der Waals surface area contributed by atoms with Crippen LogP contribution in [0, 0.1) is 6.92 Å². The minimum atomic E-state index is 0. The molecule has 0 radical (unpaired) electrons. The lowest BCUT2D eigenvalue weighted by Crippen LogP contribution is -2.45. The molecule has 0 fully saturated rings. The molecular formula is C17H29IN8. The number of aromatic nitrogens is 5. The summed E-state index contributed by atoms with van der Waals surface area (Å²) in [6, 6.07) is 0.747. The van der Waals surface area contributed by atoms with Gasteiger partial charge >= 0.3 is 0 Å². The van der Waals surface area contributed by atoms with Crippen LogP contribution in [-0.2, 0) is 26.4 Å². The van der Waals surface area contributed by atoms with Gasteiger partial charge in [0.15, 0.2) is 11.8 Å². The highest BCUT2D eigenvalue weighted by Gasteiger charge is 2.23. The fourth-order valence-electron chi connectivity index (χ4n) is 3.06. The van der Waals surface area contributed by atoms with E-state index in [9.17, 15) is 0 Å². The lowest BCUT2D eigenvalue weighted by atomic mass is 9.94. The largest absolute Gasteiger partial charge is 0.353 e. The minimum Gasteiger partial charge on any atom is -0.353 e. The second-order valence-electron chi connectivity index (χ2n) is 6.91. The zero-order valence-corrected chi connectivity index (χ0v) is 18.5. The maximum atomic E-state index is 4.74. The Kier molecular flexibility index (Phi) is 7.01. The second-order valence-corrected chi connectivity index (χ2v) is 6.91. The number of rotatable bonds is 4. The highest BCUT2D eigenvalue weighted by molar-refractivity contribution is 14.0. The Hall–Kier alpha value is -1.65. The van der Waals surface area contributed by atoms with Crippen LogP contribution < -0.4 is 10.6 Å². The predicted octanol–water partition coefficient (Wildman–Crippen LogP) is 1.74. The maximum absolute atomic E-state index is 4.74. The first kappa shape index (κ1) is 20.7. The van der Waals surface area contributed by atoms with Crippen molar-refractivity contribution in [1.29, 1.82) is 0 Å². The van der Waals surface area contributed by atoms with Crippen molar-refractivity contribution in [3.8, 4) is 0 Å². The Bertz CT molecular complexity index is 761. The van der Waals surface area contributed by atoms with Crippen LogP contribution in [0.1, 0.15) is 49.2 Å². The first-order valence-electron chi connectivity index (χ1n) is 8.87. The van der Waals surface area contributed by atoms with Gasteiger partial charge in [0.1, 0.15) is 5.82 Å². The molecule has 1 atom stereocenters. The topological polar surface area (TPSA) is 85.0 Å². The van der Waals surface area contributed by atoms with Gasteiger partial charge in [0.05, 0.1) is 12.2 Å². The number of aliphatic imine (C=N–C) groups is 1. The van der Waals surface area contributed by atoms with Gasteiger partial charge in [0, 0.05) is 38.8 Å². The van der Waals surface area contributed by atoms with Crippen LogP contribution in [0.25, 0.3) is 0 Å². The molecule has 144 valence electrons. The van der Waals surface area contributed by atoms with Crippen LogP contribution in [0.4, 0.5) is 0 Å². The van der Waals surface area contributed by atoms with Crippen LogP contribution in [0.5, 0.6) is 0 Å². The molecule has 1 unspecified atom stereocenters. The van der Waals surface area contributed by atoms with E-state index in [1.54, 1.807) is 7.05 Å². The summed E-state index contributed by atoms with van der Waals surface area (Å²) in [6.45, 7) is 6.86. The third-order valence-corrected chi connectivity index (χ3v) is 4.79. The highest BCUT2D eigenvalue weighted by Crippen LogP contribution is 2.21. The van der Waals surface area contributed by atoms with Crippen LogP contribution in [0.15, 0.2) is 11.2 Å². The third-order valence-electron chi connectivity index (χ3n) is 4.79. The van der Waals surface area contributed by atoms with Crippen LogP contribution in [0.2, 0.25) is 0 Å². The van der Waals surface area contributed by atoms with Gasteiger partial charge in [-0.2, -0.15) is 5.10 Å². The van der Waals surface area contributed by atoms with E-state index in [0.717, 1.165) is 36.9 Å². The summed E-state index contributed by atoms with van der Waals surface area (Å²) in [7, 11) is 3.76. The summed E-state index contributed by atoms with van der Waals surface area (Å²) in [6.07, 6.45) is 5.26. The molecule has 2 aromatic heterocycles. The smallest absolute Gasteiger partial charge is 0.191 e. The maximum Gasteiger partial charge on any atom is 0.191 e. The summed E-state index contributed by atoms with van der Waals surface area (Å²) in [5.74, 6) is 2.58. The monoisotopic (exact) mass is 472 g/mol. The number of halogens is 1. The van der Waals surface area contributed by atoms with Gasteiger partial charge in [-0.1, -0.05) is 0 Å². The lowest BCUT2D eigenvalue weighted by molar-refractivity contribution is 0.499. The zero-order valence-electron chi connectivity index (χ0n) is 16.2. The number of nitrogens with zero attached hydrogens (tertiary/aromatic N) is 6.